The van der Waals surface area contributed by atoms with Crippen molar-refractivity contribution in [2.24, 2.45) is 0 Å². The zero-order valence-electron chi connectivity index (χ0n) is 23.2. The molecule has 204 valence electrons. The topological polar surface area (TPSA) is 73.3 Å². The number of aliphatic hydroxyl groups excluding tert-OH is 1. The first kappa shape index (κ1) is 26.2. The second-order valence-corrected chi connectivity index (χ2v) is 11.0. The van der Waals surface area contributed by atoms with Crippen LogP contribution in [0.1, 0.15) is 48.5 Å². The van der Waals surface area contributed by atoms with Crippen LogP contribution in [0.4, 0.5) is 11.8 Å². The summed E-state index contributed by atoms with van der Waals surface area (Å²) < 4.78 is 0. The molecule has 0 saturated heterocycles. The predicted octanol–water partition coefficient (Wildman–Crippen LogP) is 6.44. The average Bonchev–Trinajstić information content (AvgIpc) is 3.00. The molecule has 1 aromatic heterocycles. The minimum Gasteiger partial charge on any atom is -0.384 e. The van der Waals surface area contributed by atoms with Crippen LogP contribution < -0.4 is 15.5 Å². The van der Waals surface area contributed by atoms with Gasteiger partial charge in [0.05, 0.1) is 5.52 Å². The van der Waals surface area contributed by atoms with Crippen LogP contribution in [-0.2, 0) is 6.54 Å². The molecule has 1 aliphatic carbocycles. The van der Waals surface area contributed by atoms with Crippen molar-refractivity contribution >= 4 is 33.4 Å². The maximum Gasteiger partial charge on any atom is 0.225 e. The van der Waals surface area contributed by atoms with Gasteiger partial charge < -0.3 is 20.6 Å². The summed E-state index contributed by atoms with van der Waals surface area (Å²) >= 11 is 0. The van der Waals surface area contributed by atoms with Crippen molar-refractivity contribution in [3.05, 3.63) is 108 Å². The van der Waals surface area contributed by atoms with Crippen molar-refractivity contribution in [1.29, 1.82) is 0 Å². The van der Waals surface area contributed by atoms with Crippen LogP contribution in [0.25, 0.3) is 21.7 Å². The molecular weight excluding hydrogens is 494 g/mol. The molecule has 1 aliphatic rings. The SMILES string of the molecule is CN(C)c1nc(NC2CCC(NCc3ccccc3C(O)c3cccc4ccccc34)CC2)nc2ccccc12. The van der Waals surface area contributed by atoms with Gasteiger partial charge in [0.1, 0.15) is 11.9 Å². The number of para-hydroxylation sites is 1. The minimum atomic E-state index is -0.668. The van der Waals surface area contributed by atoms with E-state index in [0.717, 1.165) is 76.4 Å². The minimum absolute atomic E-state index is 0.356. The smallest absolute Gasteiger partial charge is 0.225 e. The highest BCUT2D eigenvalue weighted by Crippen LogP contribution is 2.31. The number of aliphatic hydroxyl groups is 1. The van der Waals surface area contributed by atoms with Crippen molar-refractivity contribution in [2.45, 2.75) is 50.4 Å². The fraction of sp³-hybridized carbons (Fsp3) is 0.294. The Morgan fingerprint density at radius 1 is 0.750 bits per heavy atom. The van der Waals surface area contributed by atoms with E-state index in [4.69, 9.17) is 9.97 Å². The maximum absolute atomic E-state index is 11.5. The van der Waals surface area contributed by atoms with Gasteiger partial charge in [-0.3, -0.25) is 0 Å². The molecule has 6 rings (SSSR count). The summed E-state index contributed by atoms with van der Waals surface area (Å²) in [5, 5.41) is 22.1. The van der Waals surface area contributed by atoms with E-state index in [2.05, 4.69) is 53.1 Å². The number of nitrogens with zero attached hydrogens (tertiary/aromatic N) is 3. The van der Waals surface area contributed by atoms with Crippen LogP contribution >= 0.6 is 0 Å². The van der Waals surface area contributed by atoms with Gasteiger partial charge in [0, 0.05) is 38.1 Å². The van der Waals surface area contributed by atoms with Crippen molar-refractivity contribution in [2.75, 3.05) is 24.3 Å². The molecule has 0 radical (unpaired) electrons. The first-order valence-electron chi connectivity index (χ1n) is 14.2. The number of fused-ring (bicyclic) bond motifs is 2. The molecule has 1 saturated carbocycles. The Morgan fingerprint density at radius 3 is 2.23 bits per heavy atom. The highest BCUT2D eigenvalue weighted by Gasteiger charge is 2.23. The highest BCUT2D eigenvalue weighted by molar-refractivity contribution is 5.90. The predicted molar refractivity (Wildman–Crippen MR) is 165 cm³/mol. The van der Waals surface area contributed by atoms with Gasteiger partial charge in [-0.15, -0.1) is 0 Å². The number of anilines is 2. The van der Waals surface area contributed by atoms with E-state index in [1.165, 1.54) is 0 Å². The summed E-state index contributed by atoms with van der Waals surface area (Å²) in [7, 11) is 4.04. The Labute approximate surface area is 236 Å². The van der Waals surface area contributed by atoms with E-state index in [1.54, 1.807) is 0 Å². The number of hydrogen-bond donors (Lipinski definition) is 3. The van der Waals surface area contributed by atoms with Gasteiger partial charge in [-0.2, -0.15) is 4.98 Å². The van der Waals surface area contributed by atoms with E-state index in [1.807, 2.05) is 67.5 Å². The van der Waals surface area contributed by atoms with Gasteiger partial charge in [-0.05, 0) is 65.3 Å². The molecule has 40 heavy (non-hydrogen) atoms. The Bertz CT molecular complexity index is 1600. The zero-order chi connectivity index (χ0) is 27.5. The van der Waals surface area contributed by atoms with Crippen LogP contribution in [0.5, 0.6) is 0 Å². The molecule has 0 aliphatic heterocycles. The van der Waals surface area contributed by atoms with Gasteiger partial charge in [-0.1, -0.05) is 78.9 Å². The van der Waals surface area contributed by atoms with E-state index in [-0.39, 0.29) is 0 Å². The Kier molecular flexibility index (Phi) is 7.62. The summed E-state index contributed by atoms with van der Waals surface area (Å²) in [5.74, 6) is 1.64. The third-order valence-corrected chi connectivity index (χ3v) is 8.12. The van der Waals surface area contributed by atoms with Gasteiger partial charge in [0.25, 0.3) is 0 Å². The monoisotopic (exact) mass is 531 g/mol. The van der Waals surface area contributed by atoms with Crippen molar-refractivity contribution in [1.82, 2.24) is 15.3 Å². The number of nitrogens with one attached hydrogen (secondary N) is 2. The lowest BCUT2D eigenvalue weighted by atomic mass is 9.90. The lowest BCUT2D eigenvalue weighted by Gasteiger charge is -2.30. The van der Waals surface area contributed by atoms with E-state index >= 15 is 0 Å². The Balaban J connectivity index is 1.09. The standard InChI is InChI=1S/C34H37N5O/c1-39(2)33-30-15-7-8-17-31(30)37-34(38-33)36-26-20-18-25(19-21-26)35-22-24-11-4-6-14-28(24)32(40)29-16-9-12-23-10-3-5-13-27(23)29/h3-17,25-26,32,35,40H,18-22H2,1-2H3,(H,36,37,38). The number of hydrogen-bond acceptors (Lipinski definition) is 6. The largest absolute Gasteiger partial charge is 0.384 e. The fourth-order valence-corrected chi connectivity index (χ4v) is 5.96. The first-order valence-corrected chi connectivity index (χ1v) is 14.2. The molecular formula is C34H37N5O. The lowest BCUT2D eigenvalue weighted by Crippen LogP contribution is -2.37. The number of rotatable bonds is 8. The molecule has 6 nitrogen and oxygen atoms in total. The van der Waals surface area contributed by atoms with Crippen LogP contribution in [0, 0.1) is 0 Å². The maximum atomic E-state index is 11.5. The second kappa shape index (κ2) is 11.6. The van der Waals surface area contributed by atoms with Crippen molar-refractivity contribution in [3.8, 4) is 0 Å². The van der Waals surface area contributed by atoms with Gasteiger partial charge in [-0.25, -0.2) is 4.98 Å². The fourth-order valence-electron chi connectivity index (χ4n) is 5.96. The third kappa shape index (κ3) is 5.51. The van der Waals surface area contributed by atoms with Gasteiger partial charge >= 0.3 is 0 Å². The molecule has 0 spiro atoms. The van der Waals surface area contributed by atoms with Gasteiger partial charge in [0.15, 0.2) is 0 Å². The Morgan fingerprint density at radius 2 is 1.40 bits per heavy atom. The average molecular weight is 532 g/mol. The lowest BCUT2D eigenvalue weighted by molar-refractivity contribution is 0.220. The second-order valence-electron chi connectivity index (χ2n) is 11.0. The zero-order valence-corrected chi connectivity index (χ0v) is 23.2. The normalized spacial score (nSPS) is 18.1. The van der Waals surface area contributed by atoms with Crippen LogP contribution in [0.2, 0.25) is 0 Å². The van der Waals surface area contributed by atoms with Crippen molar-refractivity contribution < 1.29 is 5.11 Å². The quantitative estimate of drug-likeness (QED) is 0.214. The Hall–Kier alpha value is -4.00. The molecule has 1 heterocycles. The highest BCUT2D eigenvalue weighted by atomic mass is 16.3. The molecule has 6 heteroatoms. The summed E-state index contributed by atoms with van der Waals surface area (Å²) in [5.41, 5.74) is 4.02. The molecule has 0 bridgehead atoms. The molecule has 1 fully saturated rings. The number of aromatic nitrogens is 2. The first-order chi connectivity index (χ1) is 19.6. The molecule has 0 amide bonds. The molecule has 1 unspecified atom stereocenters. The molecule has 3 N–H and O–H groups in total. The third-order valence-electron chi connectivity index (χ3n) is 8.12. The van der Waals surface area contributed by atoms with Crippen molar-refractivity contribution in [3.63, 3.8) is 0 Å². The van der Waals surface area contributed by atoms with Gasteiger partial charge in [0.2, 0.25) is 5.95 Å². The summed E-state index contributed by atoms with van der Waals surface area (Å²) in [6.45, 7) is 0.737. The van der Waals surface area contributed by atoms with Crippen LogP contribution in [-0.4, -0.2) is 41.3 Å². The molecule has 4 aromatic carbocycles. The van der Waals surface area contributed by atoms with E-state index < -0.39 is 6.10 Å². The van der Waals surface area contributed by atoms with E-state index in [9.17, 15) is 5.11 Å². The van der Waals surface area contributed by atoms with Crippen LogP contribution in [0.15, 0.2) is 91.0 Å². The number of benzene rings is 4. The summed E-state index contributed by atoms with van der Waals surface area (Å²) in [6.07, 6.45) is 3.62. The molecule has 1 atom stereocenters. The summed E-state index contributed by atoms with van der Waals surface area (Å²) in [4.78, 5) is 11.7. The molecule has 5 aromatic rings. The van der Waals surface area contributed by atoms with Crippen LogP contribution in [0.3, 0.4) is 0 Å². The summed E-state index contributed by atoms with van der Waals surface area (Å²) in [6, 6.07) is 31.6. The van der Waals surface area contributed by atoms with E-state index in [0.29, 0.717) is 18.0 Å².